The molecule has 2 nitrogen and oxygen atoms in total. The van der Waals surface area contributed by atoms with Gasteiger partial charge in [0.15, 0.2) is 0 Å². The first-order valence-electron chi connectivity index (χ1n) is 5.30. The second-order valence-electron chi connectivity index (χ2n) is 5.79. The summed E-state index contributed by atoms with van der Waals surface area (Å²) in [5.74, 6) is 1.73. The molecule has 0 aromatic carbocycles. The highest BCUT2D eigenvalue weighted by atomic mass is 16.3. The standard InChI is InChI=1S/C11H21NO/c1-10(2)7-4-8(6-13)11(3,12)9(10)5-7/h7-9,13H,4-6,12H2,1-3H3/t7-,8-,9+,11-/m1/s1. The Morgan fingerprint density at radius 1 is 1.31 bits per heavy atom. The van der Waals surface area contributed by atoms with Gasteiger partial charge in [-0.2, -0.15) is 0 Å². The van der Waals surface area contributed by atoms with Gasteiger partial charge in [-0.15, -0.1) is 0 Å². The molecule has 3 saturated carbocycles. The number of aliphatic hydroxyl groups is 1. The molecule has 3 N–H and O–H groups in total. The van der Waals surface area contributed by atoms with Crippen molar-refractivity contribution >= 4 is 0 Å². The number of hydrogen-bond donors (Lipinski definition) is 2. The summed E-state index contributed by atoms with van der Waals surface area (Å²) in [6.45, 7) is 7.03. The Morgan fingerprint density at radius 2 is 1.92 bits per heavy atom. The van der Waals surface area contributed by atoms with Gasteiger partial charge in [0.1, 0.15) is 0 Å². The molecule has 0 aromatic rings. The average molecular weight is 183 g/mol. The van der Waals surface area contributed by atoms with Crippen LogP contribution in [0.2, 0.25) is 0 Å². The predicted octanol–water partition coefficient (Wildman–Crippen LogP) is 1.38. The molecule has 13 heavy (non-hydrogen) atoms. The number of rotatable bonds is 1. The van der Waals surface area contributed by atoms with Crippen LogP contribution in [0.25, 0.3) is 0 Å². The van der Waals surface area contributed by atoms with Crippen molar-refractivity contribution in [2.75, 3.05) is 6.61 Å². The largest absolute Gasteiger partial charge is 0.396 e. The minimum Gasteiger partial charge on any atom is -0.396 e. The summed E-state index contributed by atoms with van der Waals surface area (Å²) in [5.41, 5.74) is 6.60. The van der Waals surface area contributed by atoms with Crippen molar-refractivity contribution in [2.45, 2.75) is 39.2 Å². The van der Waals surface area contributed by atoms with Gasteiger partial charge in [0, 0.05) is 18.1 Å². The van der Waals surface area contributed by atoms with E-state index in [4.69, 9.17) is 5.73 Å². The van der Waals surface area contributed by atoms with Crippen molar-refractivity contribution < 1.29 is 5.11 Å². The van der Waals surface area contributed by atoms with E-state index < -0.39 is 0 Å². The van der Waals surface area contributed by atoms with Gasteiger partial charge >= 0.3 is 0 Å². The maximum absolute atomic E-state index is 9.26. The maximum atomic E-state index is 9.26. The lowest BCUT2D eigenvalue weighted by molar-refractivity contribution is -0.149. The molecule has 0 heterocycles. The van der Waals surface area contributed by atoms with Gasteiger partial charge in [-0.25, -0.2) is 0 Å². The van der Waals surface area contributed by atoms with Gasteiger partial charge in [-0.05, 0) is 37.0 Å². The Morgan fingerprint density at radius 3 is 2.31 bits per heavy atom. The van der Waals surface area contributed by atoms with E-state index in [9.17, 15) is 5.11 Å². The first-order chi connectivity index (χ1) is 5.90. The lowest BCUT2D eigenvalue weighted by atomic mass is 9.41. The van der Waals surface area contributed by atoms with Gasteiger partial charge in [-0.3, -0.25) is 0 Å². The molecule has 0 aromatic heterocycles. The first kappa shape index (κ1) is 9.47. The summed E-state index contributed by atoms with van der Waals surface area (Å²) in [4.78, 5) is 0. The monoisotopic (exact) mass is 183 g/mol. The zero-order chi connectivity index (χ0) is 9.85. The lowest BCUT2D eigenvalue weighted by Crippen LogP contribution is -2.68. The zero-order valence-corrected chi connectivity index (χ0v) is 8.88. The molecule has 0 saturated heterocycles. The predicted molar refractivity (Wildman–Crippen MR) is 53.2 cm³/mol. The number of aliphatic hydroxyl groups excluding tert-OH is 1. The molecule has 0 radical (unpaired) electrons. The van der Waals surface area contributed by atoms with Crippen LogP contribution in [0.3, 0.4) is 0 Å². The summed E-state index contributed by atoms with van der Waals surface area (Å²) >= 11 is 0. The second kappa shape index (κ2) is 2.48. The fraction of sp³-hybridized carbons (Fsp3) is 1.00. The highest BCUT2D eigenvalue weighted by molar-refractivity contribution is 5.13. The Balaban J connectivity index is 2.23. The summed E-state index contributed by atoms with van der Waals surface area (Å²) in [6.07, 6.45) is 2.39. The van der Waals surface area contributed by atoms with Gasteiger partial charge in [0.25, 0.3) is 0 Å². The molecule has 0 amide bonds. The van der Waals surface area contributed by atoms with E-state index in [1.807, 2.05) is 0 Å². The van der Waals surface area contributed by atoms with Crippen molar-refractivity contribution in [3.8, 4) is 0 Å². The number of nitrogens with two attached hydrogens (primary N) is 1. The van der Waals surface area contributed by atoms with Crippen molar-refractivity contribution in [3.63, 3.8) is 0 Å². The van der Waals surface area contributed by atoms with Gasteiger partial charge in [-0.1, -0.05) is 13.8 Å². The third-order valence-corrected chi connectivity index (χ3v) is 4.89. The van der Waals surface area contributed by atoms with Crippen LogP contribution in [0.5, 0.6) is 0 Å². The van der Waals surface area contributed by atoms with Crippen molar-refractivity contribution in [3.05, 3.63) is 0 Å². The smallest absolute Gasteiger partial charge is 0.0476 e. The SMILES string of the molecule is CC1(C)[C@@H]2C[C@H](CO)[C@@](C)(N)[C@H]1C2. The van der Waals surface area contributed by atoms with E-state index in [1.54, 1.807) is 0 Å². The van der Waals surface area contributed by atoms with Crippen molar-refractivity contribution in [1.82, 2.24) is 0 Å². The van der Waals surface area contributed by atoms with Crippen LogP contribution < -0.4 is 5.73 Å². The van der Waals surface area contributed by atoms with E-state index in [-0.39, 0.29) is 12.1 Å². The van der Waals surface area contributed by atoms with Crippen LogP contribution in [0.4, 0.5) is 0 Å². The molecule has 0 aliphatic heterocycles. The van der Waals surface area contributed by atoms with E-state index in [1.165, 1.54) is 6.42 Å². The highest BCUT2D eigenvalue weighted by Crippen LogP contribution is 2.63. The molecule has 2 heteroatoms. The zero-order valence-electron chi connectivity index (χ0n) is 8.88. The normalized spacial score (nSPS) is 52.8. The van der Waals surface area contributed by atoms with Crippen LogP contribution >= 0.6 is 0 Å². The van der Waals surface area contributed by atoms with Gasteiger partial charge in [0.05, 0.1) is 0 Å². The third-order valence-electron chi connectivity index (χ3n) is 4.89. The molecule has 0 spiro atoms. The Labute approximate surface area is 80.5 Å². The molecular weight excluding hydrogens is 162 g/mol. The van der Waals surface area contributed by atoms with Crippen LogP contribution in [-0.2, 0) is 0 Å². The van der Waals surface area contributed by atoms with E-state index in [2.05, 4.69) is 20.8 Å². The third kappa shape index (κ3) is 1.02. The second-order valence-corrected chi connectivity index (χ2v) is 5.79. The molecule has 0 unspecified atom stereocenters. The number of hydrogen-bond acceptors (Lipinski definition) is 2. The molecule has 3 fully saturated rings. The molecule has 3 aliphatic rings. The van der Waals surface area contributed by atoms with Crippen LogP contribution in [0.15, 0.2) is 0 Å². The van der Waals surface area contributed by atoms with Crippen LogP contribution in [0, 0.1) is 23.2 Å². The topological polar surface area (TPSA) is 46.2 Å². The van der Waals surface area contributed by atoms with Gasteiger partial charge < -0.3 is 10.8 Å². The summed E-state index contributed by atoms with van der Waals surface area (Å²) in [7, 11) is 0. The highest BCUT2D eigenvalue weighted by Gasteiger charge is 2.61. The molecule has 76 valence electrons. The Bertz CT molecular complexity index is 222. The Kier molecular flexibility index (Phi) is 1.81. The van der Waals surface area contributed by atoms with Crippen LogP contribution in [-0.4, -0.2) is 17.3 Å². The van der Waals surface area contributed by atoms with Gasteiger partial charge in [0.2, 0.25) is 0 Å². The van der Waals surface area contributed by atoms with Crippen molar-refractivity contribution in [1.29, 1.82) is 0 Å². The molecule has 3 aliphatic carbocycles. The summed E-state index contributed by atoms with van der Waals surface area (Å²) in [5, 5.41) is 9.26. The fourth-order valence-electron chi connectivity index (χ4n) is 3.62. The number of fused-ring (bicyclic) bond motifs is 2. The summed E-state index contributed by atoms with van der Waals surface area (Å²) in [6, 6.07) is 0. The molecule has 4 atom stereocenters. The molecule has 3 rings (SSSR count). The van der Waals surface area contributed by atoms with Crippen molar-refractivity contribution in [2.24, 2.45) is 28.9 Å². The first-order valence-corrected chi connectivity index (χ1v) is 5.30. The minimum atomic E-state index is -0.146. The van der Waals surface area contributed by atoms with E-state index in [0.717, 1.165) is 12.3 Å². The fourth-order valence-corrected chi connectivity index (χ4v) is 3.62. The minimum absolute atomic E-state index is 0.146. The molecular formula is C11H21NO. The summed E-state index contributed by atoms with van der Waals surface area (Å²) < 4.78 is 0. The lowest BCUT2D eigenvalue weighted by Gasteiger charge is -2.66. The quantitative estimate of drug-likeness (QED) is 0.645. The maximum Gasteiger partial charge on any atom is 0.0476 e. The van der Waals surface area contributed by atoms with E-state index in [0.29, 0.717) is 17.3 Å². The van der Waals surface area contributed by atoms with E-state index >= 15 is 0 Å². The Hall–Kier alpha value is -0.0800. The average Bonchev–Trinajstić information content (AvgIpc) is 2.01. The van der Waals surface area contributed by atoms with Crippen LogP contribution in [0.1, 0.15) is 33.6 Å². The molecule has 2 bridgehead atoms.